The first-order chi connectivity index (χ1) is 7.67. The van der Waals surface area contributed by atoms with Crippen LogP contribution in [0.4, 0.5) is 0 Å². The van der Waals surface area contributed by atoms with Crippen molar-refractivity contribution in [1.29, 1.82) is 0 Å². The average molecular weight is 235 g/mol. The van der Waals surface area contributed by atoms with E-state index in [0.717, 1.165) is 6.42 Å². The van der Waals surface area contributed by atoms with Gasteiger partial charge in [-0.25, -0.2) is 0 Å². The normalized spacial score (nSPS) is 14.4. The summed E-state index contributed by atoms with van der Waals surface area (Å²) >= 11 is 1.78. The van der Waals surface area contributed by atoms with E-state index in [1.807, 2.05) is 6.08 Å². The van der Waals surface area contributed by atoms with Gasteiger partial charge in [0.1, 0.15) is 0 Å². The number of thioether (sulfide) groups is 1. The summed E-state index contributed by atoms with van der Waals surface area (Å²) in [6, 6.07) is 9.62. The van der Waals surface area contributed by atoms with Crippen LogP contribution in [0.25, 0.3) is 0 Å². The monoisotopic (exact) mass is 235 g/mol. The fourth-order valence-corrected chi connectivity index (χ4v) is 2.14. The molecule has 2 heteroatoms. The minimum atomic E-state index is 0.394. The lowest BCUT2D eigenvalue weighted by atomic mass is 10.1. The second kappa shape index (κ2) is 6.77. The molecule has 2 unspecified atom stereocenters. The van der Waals surface area contributed by atoms with Gasteiger partial charge in [0, 0.05) is 17.0 Å². The van der Waals surface area contributed by atoms with Gasteiger partial charge in [0.15, 0.2) is 0 Å². The Labute approximate surface area is 103 Å². The van der Waals surface area contributed by atoms with Crippen LogP contribution in [0, 0.1) is 0 Å². The molecule has 1 N–H and O–H groups in total. The van der Waals surface area contributed by atoms with Crippen molar-refractivity contribution in [2.24, 2.45) is 0 Å². The zero-order valence-corrected chi connectivity index (χ0v) is 11.2. The average Bonchev–Trinajstić information content (AvgIpc) is 2.29. The number of rotatable bonds is 6. The Bertz CT molecular complexity index is 318. The van der Waals surface area contributed by atoms with Crippen LogP contribution in [0.2, 0.25) is 0 Å². The van der Waals surface area contributed by atoms with Gasteiger partial charge < -0.3 is 5.32 Å². The van der Waals surface area contributed by atoms with Crippen molar-refractivity contribution < 1.29 is 0 Å². The highest BCUT2D eigenvalue weighted by Crippen LogP contribution is 2.19. The summed E-state index contributed by atoms with van der Waals surface area (Å²) in [6.45, 7) is 8.15. The van der Waals surface area contributed by atoms with Gasteiger partial charge in [0.2, 0.25) is 0 Å². The smallest absolute Gasteiger partial charge is 0.0294 e. The molecule has 1 aromatic rings. The van der Waals surface area contributed by atoms with Crippen molar-refractivity contribution in [3.63, 3.8) is 0 Å². The molecule has 0 saturated heterocycles. The van der Waals surface area contributed by atoms with Crippen LogP contribution < -0.4 is 5.32 Å². The van der Waals surface area contributed by atoms with E-state index in [1.54, 1.807) is 11.8 Å². The molecule has 0 heterocycles. The lowest BCUT2D eigenvalue weighted by molar-refractivity contribution is 0.482. The Morgan fingerprint density at radius 2 is 1.94 bits per heavy atom. The Morgan fingerprint density at radius 3 is 2.44 bits per heavy atom. The number of hydrogen-bond donors (Lipinski definition) is 1. The van der Waals surface area contributed by atoms with Crippen LogP contribution in [0.1, 0.15) is 31.9 Å². The molecule has 16 heavy (non-hydrogen) atoms. The van der Waals surface area contributed by atoms with Crippen LogP contribution in [-0.2, 0) is 0 Å². The van der Waals surface area contributed by atoms with Gasteiger partial charge in [-0.05, 0) is 44.2 Å². The molecule has 0 saturated carbocycles. The Hall–Kier alpha value is -0.730. The first-order valence-electron chi connectivity index (χ1n) is 5.68. The van der Waals surface area contributed by atoms with E-state index in [-0.39, 0.29) is 0 Å². The van der Waals surface area contributed by atoms with Crippen LogP contribution in [0.15, 0.2) is 41.8 Å². The van der Waals surface area contributed by atoms with Crippen molar-refractivity contribution >= 4 is 11.8 Å². The van der Waals surface area contributed by atoms with Gasteiger partial charge in [-0.15, -0.1) is 18.3 Å². The van der Waals surface area contributed by atoms with Crippen molar-refractivity contribution in [1.82, 2.24) is 5.32 Å². The molecule has 0 bridgehead atoms. The van der Waals surface area contributed by atoms with E-state index >= 15 is 0 Å². The highest BCUT2D eigenvalue weighted by Gasteiger charge is 2.07. The Kier molecular flexibility index (Phi) is 5.64. The molecule has 0 fully saturated rings. The summed E-state index contributed by atoms with van der Waals surface area (Å²) in [7, 11) is 0. The molecule has 88 valence electrons. The van der Waals surface area contributed by atoms with Crippen LogP contribution in [0.5, 0.6) is 0 Å². The van der Waals surface area contributed by atoms with Gasteiger partial charge in [0.05, 0.1) is 0 Å². The highest BCUT2D eigenvalue weighted by molar-refractivity contribution is 7.98. The predicted octanol–water partition coefficient (Wildman–Crippen LogP) is 4.02. The molecule has 0 amide bonds. The standard InChI is InChI=1S/C14H21NS/c1-5-6-11(2)15-12(3)13-7-9-14(16-4)10-8-13/h5,7-12,15H,1,6H2,2-4H3. The zero-order chi connectivity index (χ0) is 12.0. The molecular formula is C14H21NS. The van der Waals surface area contributed by atoms with E-state index in [0.29, 0.717) is 12.1 Å². The predicted molar refractivity (Wildman–Crippen MR) is 74.0 cm³/mol. The van der Waals surface area contributed by atoms with Crippen molar-refractivity contribution in [2.45, 2.75) is 37.2 Å². The van der Waals surface area contributed by atoms with E-state index < -0.39 is 0 Å². The summed E-state index contributed by atoms with van der Waals surface area (Å²) < 4.78 is 0. The molecule has 2 atom stereocenters. The molecule has 0 aliphatic rings. The van der Waals surface area contributed by atoms with Crippen LogP contribution >= 0.6 is 11.8 Å². The van der Waals surface area contributed by atoms with E-state index in [9.17, 15) is 0 Å². The maximum Gasteiger partial charge on any atom is 0.0294 e. The topological polar surface area (TPSA) is 12.0 Å². The number of hydrogen-bond acceptors (Lipinski definition) is 2. The van der Waals surface area contributed by atoms with Crippen LogP contribution in [0.3, 0.4) is 0 Å². The zero-order valence-electron chi connectivity index (χ0n) is 10.4. The van der Waals surface area contributed by atoms with E-state index in [4.69, 9.17) is 0 Å². The quantitative estimate of drug-likeness (QED) is 0.590. The van der Waals surface area contributed by atoms with Crippen LogP contribution in [-0.4, -0.2) is 12.3 Å². The number of nitrogens with one attached hydrogen (secondary N) is 1. The summed E-state index contributed by atoms with van der Waals surface area (Å²) in [5.74, 6) is 0. The molecule has 1 aromatic carbocycles. The molecular weight excluding hydrogens is 214 g/mol. The summed E-state index contributed by atoms with van der Waals surface area (Å²) in [4.78, 5) is 1.31. The third kappa shape index (κ3) is 4.03. The lowest BCUT2D eigenvalue weighted by Gasteiger charge is -2.19. The summed E-state index contributed by atoms with van der Waals surface area (Å²) in [5.41, 5.74) is 1.34. The Balaban J connectivity index is 2.58. The van der Waals surface area contributed by atoms with Gasteiger partial charge in [-0.1, -0.05) is 18.2 Å². The van der Waals surface area contributed by atoms with E-state index in [2.05, 4.69) is 56.3 Å². The third-order valence-corrected chi connectivity index (χ3v) is 3.41. The third-order valence-electron chi connectivity index (χ3n) is 2.67. The van der Waals surface area contributed by atoms with Gasteiger partial charge in [0.25, 0.3) is 0 Å². The molecule has 0 spiro atoms. The molecule has 0 radical (unpaired) electrons. The second-order valence-corrected chi connectivity index (χ2v) is 4.97. The van der Waals surface area contributed by atoms with Gasteiger partial charge in [-0.3, -0.25) is 0 Å². The van der Waals surface area contributed by atoms with Crippen molar-refractivity contribution in [3.8, 4) is 0 Å². The van der Waals surface area contributed by atoms with E-state index in [1.165, 1.54) is 10.5 Å². The summed E-state index contributed by atoms with van der Waals surface area (Å²) in [6.07, 6.45) is 5.07. The molecule has 0 aromatic heterocycles. The largest absolute Gasteiger partial charge is 0.307 e. The summed E-state index contributed by atoms with van der Waals surface area (Å²) in [5, 5.41) is 3.56. The SMILES string of the molecule is C=CCC(C)NC(C)c1ccc(SC)cc1. The number of benzene rings is 1. The maximum atomic E-state index is 3.76. The molecule has 1 nitrogen and oxygen atoms in total. The second-order valence-electron chi connectivity index (χ2n) is 4.09. The fourth-order valence-electron chi connectivity index (χ4n) is 1.73. The highest BCUT2D eigenvalue weighted by atomic mass is 32.2. The minimum Gasteiger partial charge on any atom is -0.307 e. The molecule has 1 rings (SSSR count). The first-order valence-corrected chi connectivity index (χ1v) is 6.90. The minimum absolute atomic E-state index is 0.394. The van der Waals surface area contributed by atoms with Crippen molar-refractivity contribution in [3.05, 3.63) is 42.5 Å². The Morgan fingerprint density at radius 1 is 1.31 bits per heavy atom. The van der Waals surface area contributed by atoms with Gasteiger partial charge in [-0.2, -0.15) is 0 Å². The lowest BCUT2D eigenvalue weighted by Crippen LogP contribution is -2.28. The molecule has 0 aliphatic carbocycles. The molecule has 0 aliphatic heterocycles. The van der Waals surface area contributed by atoms with Gasteiger partial charge >= 0.3 is 0 Å². The fraction of sp³-hybridized carbons (Fsp3) is 0.429. The first kappa shape index (κ1) is 13.3. The van der Waals surface area contributed by atoms with Crippen molar-refractivity contribution in [2.75, 3.05) is 6.26 Å². The maximum absolute atomic E-state index is 3.76.